The van der Waals surface area contributed by atoms with Gasteiger partial charge in [-0.1, -0.05) is 34.7 Å². The molecule has 0 aliphatic carbocycles. The minimum Gasteiger partial charge on any atom is -0.383 e. The molecule has 45 heavy (non-hydrogen) atoms. The molecule has 1 aliphatic heterocycles. The van der Waals surface area contributed by atoms with Gasteiger partial charge in [-0.3, -0.25) is 14.3 Å². The van der Waals surface area contributed by atoms with E-state index in [2.05, 4.69) is 72.0 Å². The van der Waals surface area contributed by atoms with Gasteiger partial charge in [-0.2, -0.15) is 5.26 Å². The predicted octanol–water partition coefficient (Wildman–Crippen LogP) is 5.84. The molecule has 1 fully saturated rings. The van der Waals surface area contributed by atoms with E-state index in [-0.39, 0.29) is 26.6 Å². The Bertz CT molecular complexity index is 2110. The van der Waals surface area contributed by atoms with E-state index < -0.39 is 5.82 Å². The number of piperidine rings is 1. The number of anilines is 1. The Morgan fingerprint density at radius 1 is 1.11 bits per heavy atom. The van der Waals surface area contributed by atoms with E-state index in [0.717, 1.165) is 65.2 Å². The van der Waals surface area contributed by atoms with Crippen LogP contribution in [0.4, 0.5) is 10.2 Å². The number of rotatable bonds is 6. The van der Waals surface area contributed by atoms with Crippen molar-refractivity contribution in [2.75, 3.05) is 12.3 Å². The van der Waals surface area contributed by atoms with Crippen molar-refractivity contribution in [1.82, 2.24) is 34.7 Å². The second-order valence-corrected chi connectivity index (χ2v) is 13.2. The van der Waals surface area contributed by atoms with E-state index in [1.165, 1.54) is 12.1 Å². The summed E-state index contributed by atoms with van der Waals surface area (Å²) in [5, 5.41) is 12.5. The van der Waals surface area contributed by atoms with Crippen molar-refractivity contribution < 1.29 is 9.18 Å². The first kappa shape index (κ1) is 29.2. The van der Waals surface area contributed by atoms with Crippen LogP contribution in [-0.4, -0.2) is 51.9 Å². The number of carbonyl (C=O) groups is 1. The largest absolute Gasteiger partial charge is 0.383 e. The van der Waals surface area contributed by atoms with Crippen molar-refractivity contribution >= 4 is 67.0 Å². The van der Waals surface area contributed by atoms with Crippen molar-refractivity contribution in [1.29, 1.82) is 5.26 Å². The van der Waals surface area contributed by atoms with Crippen LogP contribution < -0.4 is 11.1 Å². The van der Waals surface area contributed by atoms with Gasteiger partial charge in [0.05, 0.1) is 25.4 Å². The number of benzene rings is 2. The van der Waals surface area contributed by atoms with E-state index in [9.17, 15) is 14.4 Å². The summed E-state index contributed by atoms with van der Waals surface area (Å²) in [6, 6.07) is 20.3. The van der Waals surface area contributed by atoms with Gasteiger partial charge in [0.15, 0.2) is 16.5 Å². The number of nitrogen functional groups attached to an aromatic ring is 1. The van der Waals surface area contributed by atoms with Crippen LogP contribution in [0.2, 0.25) is 0 Å². The van der Waals surface area contributed by atoms with Crippen LogP contribution >= 0.6 is 33.9 Å². The summed E-state index contributed by atoms with van der Waals surface area (Å²) in [4.78, 5) is 33.4. The number of nitrogens with zero attached hydrogens (tertiary/aromatic N) is 7. The third kappa shape index (κ3) is 5.72. The SMILES string of the molecule is N#Cc1nc2cc(F)cc(C(=O)NC3CCN(Cc4ccc(-n5c(-c6cccnc6N)nc6cccnc65)cc4)C(I)C3)c2s1. The van der Waals surface area contributed by atoms with Crippen molar-refractivity contribution in [2.45, 2.75) is 29.5 Å². The highest BCUT2D eigenvalue weighted by atomic mass is 127. The van der Waals surface area contributed by atoms with E-state index >= 15 is 0 Å². The van der Waals surface area contributed by atoms with Crippen molar-refractivity contribution in [3.63, 3.8) is 0 Å². The van der Waals surface area contributed by atoms with E-state index in [1.54, 1.807) is 12.4 Å². The molecule has 224 valence electrons. The number of pyridine rings is 2. The number of alkyl halides is 1. The number of halogens is 2. The van der Waals surface area contributed by atoms with Crippen molar-refractivity contribution in [3.8, 4) is 23.1 Å². The average Bonchev–Trinajstić information content (AvgIpc) is 3.64. The van der Waals surface area contributed by atoms with Crippen molar-refractivity contribution in [3.05, 3.63) is 95.0 Å². The summed E-state index contributed by atoms with van der Waals surface area (Å²) in [5.74, 6) is 0.182. The molecule has 13 heteroatoms. The molecule has 5 heterocycles. The number of thiazole rings is 1. The van der Waals surface area contributed by atoms with Gasteiger partial charge in [0, 0.05) is 43.3 Å². The number of imidazole rings is 1. The molecule has 3 N–H and O–H groups in total. The fraction of sp³-hybridized carbons (Fsp3) is 0.188. The molecule has 2 unspecified atom stereocenters. The monoisotopic (exact) mass is 729 g/mol. The number of nitriles is 1. The lowest BCUT2D eigenvalue weighted by atomic mass is 10.0. The molecule has 1 amide bonds. The maximum atomic E-state index is 14.2. The third-order valence-corrected chi connectivity index (χ3v) is 10.2. The Hall–Kier alpha value is -4.52. The number of hydrogen-bond acceptors (Lipinski definition) is 9. The highest BCUT2D eigenvalue weighted by Gasteiger charge is 2.29. The van der Waals surface area contributed by atoms with Gasteiger partial charge in [0.2, 0.25) is 0 Å². The Morgan fingerprint density at radius 2 is 1.91 bits per heavy atom. The first-order chi connectivity index (χ1) is 21.9. The number of nitrogens with two attached hydrogens (primary N) is 1. The van der Waals surface area contributed by atoms with E-state index in [1.807, 2.05) is 34.9 Å². The van der Waals surface area contributed by atoms with Crippen LogP contribution in [0.3, 0.4) is 0 Å². The summed E-state index contributed by atoms with van der Waals surface area (Å²) < 4.78 is 16.9. The summed E-state index contributed by atoms with van der Waals surface area (Å²) in [5.41, 5.74) is 11.1. The summed E-state index contributed by atoms with van der Waals surface area (Å²) >= 11 is 3.52. The van der Waals surface area contributed by atoms with Gasteiger partial charge in [0.25, 0.3) is 5.91 Å². The number of carbonyl (C=O) groups excluding carboxylic acids is 1. The number of hydrogen-bond donors (Lipinski definition) is 2. The van der Waals surface area contributed by atoms with Gasteiger partial charge in [0.1, 0.15) is 23.2 Å². The highest BCUT2D eigenvalue weighted by molar-refractivity contribution is 14.1. The Kier molecular flexibility index (Phi) is 7.86. The zero-order valence-electron chi connectivity index (χ0n) is 23.7. The Labute approximate surface area is 274 Å². The van der Waals surface area contributed by atoms with Gasteiger partial charge in [-0.05, 0) is 60.9 Å². The molecule has 0 radical (unpaired) electrons. The molecular weight excluding hydrogens is 704 g/mol. The van der Waals surface area contributed by atoms with E-state index in [4.69, 9.17) is 10.7 Å². The summed E-state index contributed by atoms with van der Waals surface area (Å²) in [6.07, 6.45) is 4.92. The quantitative estimate of drug-likeness (QED) is 0.124. The molecule has 10 nitrogen and oxygen atoms in total. The molecule has 6 aromatic rings. The molecule has 2 atom stereocenters. The lowest BCUT2D eigenvalue weighted by Crippen LogP contribution is -2.47. The van der Waals surface area contributed by atoms with Gasteiger partial charge < -0.3 is 11.1 Å². The number of likely N-dealkylation sites (tertiary alicyclic amines) is 1. The van der Waals surface area contributed by atoms with Crippen molar-refractivity contribution in [2.24, 2.45) is 0 Å². The first-order valence-corrected chi connectivity index (χ1v) is 16.3. The molecule has 1 aliphatic rings. The van der Waals surface area contributed by atoms with Gasteiger partial charge >= 0.3 is 0 Å². The maximum Gasteiger partial charge on any atom is 0.253 e. The maximum absolute atomic E-state index is 14.2. The summed E-state index contributed by atoms with van der Waals surface area (Å²) in [7, 11) is 0. The fourth-order valence-electron chi connectivity index (χ4n) is 5.68. The van der Waals surface area contributed by atoms with E-state index in [0.29, 0.717) is 21.9 Å². The van der Waals surface area contributed by atoms with Gasteiger partial charge in [-0.25, -0.2) is 24.3 Å². The van der Waals surface area contributed by atoms with Gasteiger partial charge in [-0.15, -0.1) is 11.3 Å². The zero-order chi connectivity index (χ0) is 31.1. The normalized spacial score (nSPS) is 17.0. The standard InChI is InChI=1S/C32H25FIN9OS/c33-19-13-23(28-25(14-19)40-27(16-35)45-28)32(44)39-20-9-12-42(26(34)15-20)17-18-5-7-21(8-6-18)43-30(22-3-1-10-37-29(22)36)41-24-4-2-11-38-31(24)43/h1-8,10-11,13-14,20,26H,9,12,15,17H2,(H2,36,37)(H,39,44). The number of nitrogens with one attached hydrogen (secondary N) is 1. The first-order valence-electron chi connectivity index (χ1n) is 14.2. The second-order valence-electron chi connectivity index (χ2n) is 10.8. The van der Waals surface area contributed by atoms with Crippen LogP contribution in [0.25, 0.3) is 38.5 Å². The molecule has 4 aromatic heterocycles. The average molecular weight is 730 g/mol. The lowest BCUT2D eigenvalue weighted by Gasteiger charge is -2.37. The molecule has 0 saturated carbocycles. The van der Waals surface area contributed by atoms with Crippen LogP contribution in [-0.2, 0) is 6.54 Å². The minimum atomic E-state index is -0.551. The van der Waals surface area contributed by atoms with Crippen LogP contribution in [0, 0.1) is 17.1 Å². The van der Waals surface area contributed by atoms with Crippen LogP contribution in [0.5, 0.6) is 0 Å². The fourth-order valence-corrected chi connectivity index (χ4v) is 7.62. The molecule has 0 bridgehead atoms. The number of fused-ring (bicyclic) bond motifs is 2. The molecular formula is C32H25FIN9OS. The molecule has 1 saturated heterocycles. The molecule has 2 aromatic carbocycles. The third-order valence-electron chi connectivity index (χ3n) is 7.85. The molecule has 0 spiro atoms. The number of aromatic nitrogens is 5. The lowest BCUT2D eigenvalue weighted by molar-refractivity contribution is 0.0906. The zero-order valence-corrected chi connectivity index (χ0v) is 26.7. The Morgan fingerprint density at radius 3 is 2.69 bits per heavy atom. The highest BCUT2D eigenvalue weighted by Crippen LogP contribution is 2.31. The van der Waals surface area contributed by atoms with Crippen LogP contribution in [0.15, 0.2) is 73.1 Å². The number of amides is 1. The van der Waals surface area contributed by atoms with Crippen LogP contribution in [0.1, 0.15) is 33.8 Å². The molecule has 7 rings (SSSR count). The second kappa shape index (κ2) is 12.1. The predicted molar refractivity (Wildman–Crippen MR) is 180 cm³/mol. The topological polar surface area (TPSA) is 139 Å². The smallest absolute Gasteiger partial charge is 0.253 e. The minimum absolute atomic E-state index is 0.0555. The summed E-state index contributed by atoms with van der Waals surface area (Å²) in [6.45, 7) is 1.54. The Balaban J connectivity index is 1.05.